The lowest BCUT2D eigenvalue weighted by molar-refractivity contribution is 0.312. The largest absolute Gasteiger partial charge is 0.368 e. The minimum atomic E-state index is 0.336. The van der Waals surface area contributed by atoms with Gasteiger partial charge >= 0.3 is 0 Å². The molecular formula is C24H30N8. The summed E-state index contributed by atoms with van der Waals surface area (Å²) >= 11 is 0. The molecule has 3 N–H and O–H groups in total. The van der Waals surface area contributed by atoms with E-state index in [2.05, 4.69) is 66.3 Å². The third kappa shape index (κ3) is 4.45. The number of anilines is 5. The molecule has 166 valence electrons. The van der Waals surface area contributed by atoms with E-state index in [1.54, 1.807) is 0 Å². The van der Waals surface area contributed by atoms with Crippen LogP contribution in [0.4, 0.5) is 29.1 Å². The van der Waals surface area contributed by atoms with Gasteiger partial charge in [-0.25, -0.2) is 4.98 Å². The van der Waals surface area contributed by atoms with Crippen LogP contribution in [0.5, 0.6) is 0 Å². The van der Waals surface area contributed by atoms with Crippen LogP contribution >= 0.6 is 0 Å². The van der Waals surface area contributed by atoms with Gasteiger partial charge in [0.15, 0.2) is 0 Å². The Kier molecular flexibility index (Phi) is 5.53. The number of rotatable bonds is 4. The van der Waals surface area contributed by atoms with E-state index in [9.17, 15) is 0 Å². The zero-order valence-corrected chi connectivity index (χ0v) is 18.8. The van der Waals surface area contributed by atoms with Crippen molar-refractivity contribution in [1.29, 1.82) is 0 Å². The van der Waals surface area contributed by atoms with E-state index in [-0.39, 0.29) is 0 Å². The van der Waals surface area contributed by atoms with Crippen molar-refractivity contribution >= 4 is 29.1 Å². The second-order valence-electron chi connectivity index (χ2n) is 8.68. The van der Waals surface area contributed by atoms with Gasteiger partial charge in [-0.1, -0.05) is 12.1 Å². The van der Waals surface area contributed by atoms with E-state index in [0.29, 0.717) is 5.95 Å². The summed E-state index contributed by atoms with van der Waals surface area (Å²) in [5.41, 5.74) is 10.8. The van der Waals surface area contributed by atoms with Crippen LogP contribution in [-0.4, -0.2) is 59.6 Å². The minimum absolute atomic E-state index is 0.336. The number of benzene rings is 1. The predicted molar refractivity (Wildman–Crippen MR) is 130 cm³/mol. The van der Waals surface area contributed by atoms with Crippen LogP contribution < -0.4 is 20.9 Å². The van der Waals surface area contributed by atoms with Crippen LogP contribution in [0.15, 0.2) is 42.5 Å². The van der Waals surface area contributed by atoms with Crippen LogP contribution in [0.3, 0.4) is 0 Å². The van der Waals surface area contributed by atoms with E-state index in [4.69, 9.17) is 5.73 Å². The van der Waals surface area contributed by atoms with Gasteiger partial charge < -0.3 is 25.8 Å². The number of nitrogens with two attached hydrogens (primary N) is 1. The predicted octanol–water partition coefficient (Wildman–Crippen LogP) is 2.82. The van der Waals surface area contributed by atoms with Gasteiger partial charge in [0.25, 0.3) is 0 Å². The maximum absolute atomic E-state index is 6.11. The Balaban J connectivity index is 1.35. The summed E-state index contributed by atoms with van der Waals surface area (Å²) in [6.45, 7) is 7.68. The Morgan fingerprint density at radius 2 is 1.62 bits per heavy atom. The smallest absolute Gasteiger partial charge is 0.223 e. The number of fused-ring (bicyclic) bond motifs is 1. The average molecular weight is 431 g/mol. The molecule has 1 aromatic carbocycles. The molecule has 4 heterocycles. The van der Waals surface area contributed by atoms with Crippen molar-refractivity contribution in [2.24, 2.45) is 0 Å². The first-order chi connectivity index (χ1) is 15.5. The molecule has 0 unspecified atom stereocenters. The standard InChI is InChI=1S/C24H30N8/c1-17-4-3-5-21(26-17)27-20-7-6-18-8-9-32(16-19(18)14-20)23-15-22(28-24(25)29-23)31-12-10-30(2)11-13-31/h3-7,14-15H,8-13,16H2,1-2H3,(H,26,27)(H2,25,28,29). The van der Waals surface area contributed by atoms with Crippen molar-refractivity contribution < 1.29 is 0 Å². The monoisotopic (exact) mass is 430 g/mol. The molecule has 1 saturated heterocycles. The van der Waals surface area contributed by atoms with E-state index in [1.165, 1.54) is 11.1 Å². The zero-order chi connectivity index (χ0) is 22.1. The number of pyridine rings is 1. The molecule has 2 aliphatic rings. The highest BCUT2D eigenvalue weighted by atomic mass is 15.3. The second-order valence-corrected chi connectivity index (χ2v) is 8.68. The van der Waals surface area contributed by atoms with Crippen molar-refractivity contribution in [3.63, 3.8) is 0 Å². The van der Waals surface area contributed by atoms with Crippen molar-refractivity contribution in [3.8, 4) is 0 Å². The lowest BCUT2D eigenvalue weighted by atomic mass is 9.99. The first-order valence-corrected chi connectivity index (χ1v) is 11.2. The Hall–Kier alpha value is -3.39. The summed E-state index contributed by atoms with van der Waals surface area (Å²) in [6, 6.07) is 14.7. The molecule has 3 aromatic rings. The number of hydrogen-bond acceptors (Lipinski definition) is 8. The molecule has 0 radical (unpaired) electrons. The molecule has 8 heteroatoms. The van der Waals surface area contributed by atoms with Gasteiger partial charge in [-0.3, -0.25) is 0 Å². The van der Waals surface area contributed by atoms with E-state index in [0.717, 1.165) is 74.5 Å². The SMILES string of the molecule is Cc1cccc(Nc2ccc3c(c2)CN(c2cc(N4CCN(C)CC4)nc(N)n2)CC3)n1. The van der Waals surface area contributed by atoms with Gasteiger partial charge in [0.2, 0.25) is 5.95 Å². The highest BCUT2D eigenvalue weighted by Gasteiger charge is 2.22. The molecule has 0 saturated carbocycles. The maximum atomic E-state index is 6.11. The summed E-state index contributed by atoms with van der Waals surface area (Å²) < 4.78 is 0. The van der Waals surface area contributed by atoms with Gasteiger partial charge in [-0.05, 0) is 55.8 Å². The van der Waals surface area contributed by atoms with Crippen LogP contribution in [-0.2, 0) is 13.0 Å². The number of nitrogens with zero attached hydrogens (tertiary/aromatic N) is 6. The summed E-state index contributed by atoms with van der Waals surface area (Å²) in [4.78, 5) is 20.6. The first-order valence-electron chi connectivity index (χ1n) is 11.2. The van der Waals surface area contributed by atoms with Crippen molar-refractivity contribution in [3.05, 3.63) is 59.3 Å². The molecule has 0 atom stereocenters. The average Bonchev–Trinajstić information content (AvgIpc) is 2.79. The Labute approximate surface area is 189 Å². The quantitative estimate of drug-likeness (QED) is 0.654. The fourth-order valence-electron chi connectivity index (χ4n) is 4.39. The van der Waals surface area contributed by atoms with Crippen LogP contribution in [0.25, 0.3) is 0 Å². The number of aryl methyl sites for hydroxylation is 1. The number of hydrogen-bond donors (Lipinski definition) is 2. The van der Waals surface area contributed by atoms with Crippen LogP contribution in [0, 0.1) is 6.92 Å². The molecule has 2 aliphatic heterocycles. The summed E-state index contributed by atoms with van der Waals surface area (Å²) in [5.74, 6) is 3.02. The van der Waals surface area contributed by atoms with Gasteiger partial charge in [0.05, 0.1) is 0 Å². The van der Waals surface area contributed by atoms with Gasteiger partial charge in [0, 0.05) is 56.7 Å². The zero-order valence-electron chi connectivity index (χ0n) is 18.8. The second kappa shape index (κ2) is 8.63. The lowest BCUT2D eigenvalue weighted by Gasteiger charge is -2.34. The summed E-state index contributed by atoms with van der Waals surface area (Å²) in [6.07, 6.45) is 0.978. The molecule has 0 spiro atoms. The Morgan fingerprint density at radius 1 is 0.844 bits per heavy atom. The number of aromatic nitrogens is 3. The fourth-order valence-corrected chi connectivity index (χ4v) is 4.39. The molecule has 0 amide bonds. The molecule has 0 bridgehead atoms. The molecule has 0 aliphatic carbocycles. The van der Waals surface area contributed by atoms with E-state index >= 15 is 0 Å². The molecule has 5 rings (SSSR count). The highest BCUT2D eigenvalue weighted by Crippen LogP contribution is 2.29. The third-order valence-electron chi connectivity index (χ3n) is 6.25. The highest BCUT2D eigenvalue weighted by molar-refractivity contribution is 5.60. The molecule has 2 aromatic heterocycles. The van der Waals surface area contributed by atoms with Gasteiger partial charge in [-0.15, -0.1) is 0 Å². The van der Waals surface area contributed by atoms with Gasteiger partial charge in [-0.2, -0.15) is 9.97 Å². The first kappa shape index (κ1) is 20.5. The molecule has 32 heavy (non-hydrogen) atoms. The summed E-state index contributed by atoms with van der Waals surface area (Å²) in [7, 11) is 2.15. The number of nitrogen functional groups attached to an aromatic ring is 1. The normalized spacial score (nSPS) is 16.7. The number of piperazine rings is 1. The van der Waals surface area contributed by atoms with Crippen molar-refractivity contribution in [2.75, 3.05) is 60.6 Å². The number of likely N-dealkylation sites (N-methyl/N-ethyl adjacent to an activating group) is 1. The number of nitrogens with one attached hydrogen (secondary N) is 1. The van der Waals surface area contributed by atoms with Crippen LogP contribution in [0.1, 0.15) is 16.8 Å². The Morgan fingerprint density at radius 3 is 2.41 bits per heavy atom. The van der Waals surface area contributed by atoms with Crippen molar-refractivity contribution in [1.82, 2.24) is 19.9 Å². The van der Waals surface area contributed by atoms with Crippen molar-refractivity contribution in [2.45, 2.75) is 19.9 Å². The molecular weight excluding hydrogens is 400 g/mol. The van der Waals surface area contributed by atoms with E-state index in [1.807, 2.05) is 25.1 Å². The minimum Gasteiger partial charge on any atom is -0.368 e. The molecule has 1 fully saturated rings. The Bertz CT molecular complexity index is 1110. The summed E-state index contributed by atoms with van der Waals surface area (Å²) in [5, 5.41) is 3.43. The fraction of sp³-hybridized carbons (Fsp3) is 0.375. The van der Waals surface area contributed by atoms with E-state index < -0.39 is 0 Å². The topological polar surface area (TPSA) is 86.4 Å². The third-order valence-corrected chi connectivity index (χ3v) is 6.25. The van der Waals surface area contributed by atoms with Gasteiger partial charge in [0.1, 0.15) is 17.5 Å². The van der Waals surface area contributed by atoms with Crippen LogP contribution in [0.2, 0.25) is 0 Å². The molecule has 8 nitrogen and oxygen atoms in total. The maximum Gasteiger partial charge on any atom is 0.223 e. The lowest BCUT2D eigenvalue weighted by Crippen LogP contribution is -2.45.